The van der Waals surface area contributed by atoms with Crippen LogP contribution in [0.2, 0.25) is 0 Å². The van der Waals surface area contributed by atoms with E-state index in [1.165, 1.54) is 38.1 Å². The van der Waals surface area contributed by atoms with Crippen molar-refractivity contribution in [3.63, 3.8) is 0 Å². The third-order valence-electron chi connectivity index (χ3n) is 9.74. The first kappa shape index (κ1) is 27.5. The second-order valence-electron chi connectivity index (χ2n) is 12.6. The molecule has 10 aromatic rings. The van der Waals surface area contributed by atoms with Crippen molar-refractivity contribution in [3.8, 4) is 16.8 Å². The molecule has 230 valence electrons. The van der Waals surface area contributed by atoms with Gasteiger partial charge in [-0.05, 0) is 94.7 Å². The van der Waals surface area contributed by atoms with Crippen LogP contribution in [0.25, 0.3) is 71.3 Å². The number of para-hydroxylation sites is 3. The third kappa shape index (κ3) is 4.51. The molecule has 0 spiro atoms. The van der Waals surface area contributed by atoms with E-state index in [-0.39, 0.29) is 0 Å². The number of furan rings is 1. The number of fused-ring (bicyclic) bond motifs is 7. The molecule has 0 bridgehead atoms. The van der Waals surface area contributed by atoms with Gasteiger partial charge in [0.1, 0.15) is 11.2 Å². The Kier molecular flexibility index (Phi) is 6.18. The molecule has 3 nitrogen and oxygen atoms in total. The zero-order chi connectivity index (χ0) is 32.3. The largest absolute Gasteiger partial charge is 0.456 e. The van der Waals surface area contributed by atoms with Crippen LogP contribution in [0.4, 0.5) is 17.1 Å². The van der Waals surface area contributed by atoms with E-state index in [4.69, 9.17) is 4.42 Å². The van der Waals surface area contributed by atoms with Gasteiger partial charge in [-0.25, -0.2) is 0 Å². The summed E-state index contributed by atoms with van der Waals surface area (Å²) in [6.45, 7) is 0. The van der Waals surface area contributed by atoms with E-state index in [1.807, 2.05) is 12.1 Å². The van der Waals surface area contributed by atoms with E-state index < -0.39 is 0 Å². The highest BCUT2D eigenvalue weighted by atomic mass is 16.3. The lowest BCUT2D eigenvalue weighted by Gasteiger charge is -2.26. The summed E-state index contributed by atoms with van der Waals surface area (Å²) in [5.74, 6) is 0. The number of hydrogen-bond donors (Lipinski definition) is 0. The molecule has 0 unspecified atom stereocenters. The second kappa shape index (κ2) is 11.0. The van der Waals surface area contributed by atoms with Crippen molar-refractivity contribution in [2.24, 2.45) is 0 Å². The van der Waals surface area contributed by atoms with Crippen LogP contribution >= 0.6 is 0 Å². The van der Waals surface area contributed by atoms with Gasteiger partial charge in [0.05, 0.1) is 11.0 Å². The Morgan fingerprint density at radius 1 is 0.367 bits per heavy atom. The van der Waals surface area contributed by atoms with E-state index in [2.05, 4.69) is 179 Å². The maximum Gasteiger partial charge on any atom is 0.135 e. The van der Waals surface area contributed by atoms with Crippen LogP contribution in [0.3, 0.4) is 0 Å². The topological polar surface area (TPSA) is 21.3 Å². The molecule has 10 rings (SSSR count). The molecule has 0 N–H and O–H groups in total. The van der Waals surface area contributed by atoms with E-state index in [0.717, 1.165) is 50.3 Å². The Balaban J connectivity index is 1.14. The number of anilines is 3. The average Bonchev–Trinajstić information content (AvgIpc) is 3.70. The van der Waals surface area contributed by atoms with Crippen molar-refractivity contribution < 1.29 is 4.42 Å². The van der Waals surface area contributed by atoms with Crippen LogP contribution in [-0.2, 0) is 0 Å². The lowest BCUT2D eigenvalue weighted by Crippen LogP contribution is -2.09. The maximum atomic E-state index is 6.17. The van der Waals surface area contributed by atoms with Crippen molar-refractivity contribution in [1.82, 2.24) is 4.57 Å². The van der Waals surface area contributed by atoms with Crippen LogP contribution < -0.4 is 4.90 Å². The van der Waals surface area contributed by atoms with Gasteiger partial charge in [-0.1, -0.05) is 109 Å². The summed E-state index contributed by atoms with van der Waals surface area (Å²) in [6, 6.07) is 65.1. The highest BCUT2D eigenvalue weighted by Crippen LogP contribution is 2.41. The Morgan fingerprint density at radius 3 is 1.98 bits per heavy atom. The van der Waals surface area contributed by atoms with Gasteiger partial charge in [0.15, 0.2) is 0 Å². The summed E-state index contributed by atoms with van der Waals surface area (Å²) < 4.78 is 8.58. The van der Waals surface area contributed by atoms with Crippen molar-refractivity contribution in [1.29, 1.82) is 0 Å². The molecule has 0 fully saturated rings. The lowest BCUT2D eigenvalue weighted by atomic mass is 10.0. The second-order valence-corrected chi connectivity index (χ2v) is 12.6. The van der Waals surface area contributed by atoms with E-state index in [9.17, 15) is 0 Å². The van der Waals surface area contributed by atoms with Crippen molar-refractivity contribution in [2.45, 2.75) is 0 Å². The van der Waals surface area contributed by atoms with Gasteiger partial charge in [0.2, 0.25) is 0 Å². The van der Waals surface area contributed by atoms with Gasteiger partial charge >= 0.3 is 0 Å². The highest BCUT2D eigenvalue weighted by molar-refractivity contribution is 6.11. The Bertz CT molecular complexity index is 2840. The molecule has 8 aromatic carbocycles. The molecule has 0 saturated heterocycles. The molecule has 0 saturated carbocycles. The predicted molar refractivity (Wildman–Crippen MR) is 206 cm³/mol. The molecule has 0 aliphatic heterocycles. The van der Waals surface area contributed by atoms with E-state index >= 15 is 0 Å². The first-order chi connectivity index (χ1) is 24.3. The van der Waals surface area contributed by atoms with Gasteiger partial charge in [-0.2, -0.15) is 0 Å². The average molecular weight is 627 g/mol. The maximum absolute atomic E-state index is 6.17. The molecule has 0 aliphatic rings. The Hall–Kier alpha value is -6.58. The van der Waals surface area contributed by atoms with Crippen LogP contribution in [0.1, 0.15) is 0 Å². The van der Waals surface area contributed by atoms with Crippen LogP contribution in [-0.4, -0.2) is 4.57 Å². The molecule has 3 heteroatoms. The predicted octanol–water partition coefficient (Wildman–Crippen LogP) is 13.0. The van der Waals surface area contributed by atoms with E-state index in [0.29, 0.717) is 0 Å². The minimum absolute atomic E-state index is 0.891. The zero-order valence-electron chi connectivity index (χ0n) is 26.6. The summed E-state index contributed by atoms with van der Waals surface area (Å²) in [7, 11) is 0. The van der Waals surface area contributed by atoms with Crippen molar-refractivity contribution in [2.75, 3.05) is 4.90 Å². The number of benzene rings is 8. The first-order valence-corrected chi connectivity index (χ1v) is 16.7. The minimum atomic E-state index is 0.891. The molecule has 49 heavy (non-hydrogen) atoms. The molecule has 0 atom stereocenters. The fraction of sp³-hybridized carbons (Fsp3) is 0. The smallest absolute Gasteiger partial charge is 0.135 e. The molecule has 0 radical (unpaired) electrons. The first-order valence-electron chi connectivity index (χ1n) is 16.7. The number of hydrogen-bond acceptors (Lipinski definition) is 2. The number of aromatic nitrogens is 1. The minimum Gasteiger partial charge on any atom is -0.456 e. The van der Waals surface area contributed by atoms with Gasteiger partial charge in [0, 0.05) is 44.3 Å². The SMILES string of the molecule is c1ccc(N(c2cccc(-c3ccc4c5ccccc5n(-c5ccc6ccccc6c5)c4c3)c2)c2ccc3oc4ccccc4c3c2)cc1. The molecule has 0 aliphatic carbocycles. The zero-order valence-corrected chi connectivity index (χ0v) is 26.6. The molecular formula is C46H30N2O. The summed E-state index contributed by atoms with van der Waals surface area (Å²) >= 11 is 0. The van der Waals surface area contributed by atoms with Gasteiger partial charge in [0.25, 0.3) is 0 Å². The molecule has 0 amide bonds. The summed E-state index contributed by atoms with van der Waals surface area (Å²) in [5, 5.41) is 7.21. The fourth-order valence-corrected chi connectivity index (χ4v) is 7.45. The summed E-state index contributed by atoms with van der Waals surface area (Å²) in [4.78, 5) is 2.33. The Morgan fingerprint density at radius 2 is 1.06 bits per heavy atom. The lowest BCUT2D eigenvalue weighted by molar-refractivity contribution is 0.669. The Labute approximate surface area is 283 Å². The van der Waals surface area contributed by atoms with Crippen LogP contribution in [0, 0.1) is 0 Å². The normalized spacial score (nSPS) is 11.7. The molecule has 2 heterocycles. The van der Waals surface area contributed by atoms with Crippen LogP contribution in [0.5, 0.6) is 0 Å². The van der Waals surface area contributed by atoms with E-state index in [1.54, 1.807) is 0 Å². The van der Waals surface area contributed by atoms with Gasteiger partial charge < -0.3 is 13.9 Å². The summed E-state index contributed by atoms with van der Waals surface area (Å²) in [5.41, 5.74) is 10.9. The summed E-state index contributed by atoms with van der Waals surface area (Å²) in [6.07, 6.45) is 0. The fourth-order valence-electron chi connectivity index (χ4n) is 7.45. The van der Waals surface area contributed by atoms with Crippen LogP contribution in [0.15, 0.2) is 186 Å². The highest BCUT2D eigenvalue weighted by Gasteiger charge is 2.17. The molecule has 2 aromatic heterocycles. The van der Waals surface area contributed by atoms with Crippen molar-refractivity contribution in [3.05, 3.63) is 182 Å². The van der Waals surface area contributed by atoms with Crippen molar-refractivity contribution >= 4 is 71.6 Å². The quantitative estimate of drug-likeness (QED) is 0.190. The molecular weight excluding hydrogens is 597 g/mol. The number of rotatable bonds is 5. The van der Waals surface area contributed by atoms with Gasteiger partial charge in [-0.3, -0.25) is 0 Å². The standard InChI is InChI=1S/C46H30N2O/c1-2-14-35(15-3-1)47(38-24-26-46-42(30-38)41-18-7-9-20-45(41)49-46)36-16-10-13-33(28-36)34-22-25-40-39-17-6-8-19-43(39)48(44(40)29-34)37-23-21-31-11-4-5-12-32(31)27-37/h1-30H. The monoisotopic (exact) mass is 626 g/mol. The third-order valence-corrected chi connectivity index (χ3v) is 9.74. The number of nitrogens with zero attached hydrogens (tertiary/aromatic N) is 2. The van der Waals surface area contributed by atoms with Gasteiger partial charge in [-0.15, -0.1) is 0 Å².